The van der Waals surface area contributed by atoms with Gasteiger partial charge in [0.15, 0.2) is 4.34 Å². The Morgan fingerprint density at radius 2 is 2.17 bits per heavy atom. The summed E-state index contributed by atoms with van der Waals surface area (Å²) < 4.78 is 26.5. The molecule has 1 saturated heterocycles. The highest BCUT2D eigenvalue weighted by atomic mass is 32.2. The van der Waals surface area contributed by atoms with Crippen LogP contribution in [-0.4, -0.2) is 43.1 Å². The number of sulfonamides is 1. The molecule has 3 rings (SSSR count). The van der Waals surface area contributed by atoms with Crippen LogP contribution in [0.3, 0.4) is 0 Å². The summed E-state index contributed by atoms with van der Waals surface area (Å²) in [6.45, 7) is 0.445. The van der Waals surface area contributed by atoms with Crippen molar-refractivity contribution in [3.05, 3.63) is 29.8 Å². The van der Waals surface area contributed by atoms with E-state index in [1.54, 1.807) is 24.3 Å². The summed E-state index contributed by atoms with van der Waals surface area (Å²) >= 11 is 2.74. The second kappa shape index (κ2) is 7.08. The van der Waals surface area contributed by atoms with Crippen molar-refractivity contribution in [2.45, 2.75) is 17.2 Å². The first-order valence-electron chi connectivity index (χ1n) is 7.29. The van der Waals surface area contributed by atoms with Crippen molar-refractivity contribution in [2.24, 2.45) is 0 Å². The third-order valence-electron chi connectivity index (χ3n) is 3.55. The summed E-state index contributed by atoms with van der Waals surface area (Å²) in [5.41, 5.74) is 0.901. The molecule has 1 N–H and O–H groups in total. The number of hydrogen-bond donors (Lipinski definition) is 1. The van der Waals surface area contributed by atoms with Crippen molar-refractivity contribution < 1.29 is 13.2 Å². The molecule has 0 bridgehead atoms. The molecule has 1 aromatic heterocycles. The number of carbonyl (C=O) groups excluding carboxylic acids is 1. The van der Waals surface area contributed by atoms with Gasteiger partial charge in [-0.25, -0.2) is 8.42 Å². The van der Waals surface area contributed by atoms with Crippen LogP contribution in [0.5, 0.6) is 0 Å². The molecule has 1 fully saturated rings. The van der Waals surface area contributed by atoms with E-state index in [2.05, 4.69) is 15.5 Å². The molecule has 7 nitrogen and oxygen atoms in total. The third kappa shape index (κ3) is 3.70. The van der Waals surface area contributed by atoms with E-state index >= 15 is 0 Å². The number of anilines is 2. The maximum absolute atomic E-state index is 12.4. The Bertz CT molecular complexity index is 850. The second-order valence-electron chi connectivity index (χ2n) is 5.18. The third-order valence-corrected chi connectivity index (χ3v) is 7.23. The van der Waals surface area contributed by atoms with Gasteiger partial charge in [0.2, 0.25) is 15.2 Å². The summed E-state index contributed by atoms with van der Waals surface area (Å²) in [6.07, 6.45) is 3.38. The topological polar surface area (TPSA) is 92.3 Å². The number of amides is 1. The Labute approximate surface area is 148 Å². The quantitative estimate of drug-likeness (QED) is 0.643. The average molecular weight is 385 g/mol. The predicted octanol–water partition coefficient (Wildman–Crippen LogP) is 2.44. The van der Waals surface area contributed by atoms with E-state index in [0.717, 1.165) is 10.8 Å². The van der Waals surface area contributed by atoms with E-state index in [1.165, 1.54) is 27.4 Å². The van der Waals surface area contributed by atoms with Crippen molar-refractivity contribution in [2.75, 3.05) is 28.2 Å². The average Bonchev–Trinajstić information content (AvgIpc) is 3.02. The first-order chi connectivity index (χ1) is 11.5. The number of nitrogens with one attached hydrogen (secondary N) is 1. The zero-order chi connectivity index (χ0) is 17.2. The molecule has 24 heavy (non-hydrogen) atoms. The van der Waals surface area contributed by atoms with Crippen LogP contribution in [0.25, 0.3) is 0 Å². The van der Waals surface area contributed by atoms with Gasteiger partial charge in [0, 0.05) is 12.1 Å². The van der Waals surface area contributed by atoms with Crippen LogP contribution < -0.4 is 9.62 Å². The summed E-state index contributed by atoms with van der Waals surface area (Å²) in [6, 6.07) is 6.62. The van der Waals surface area contributed by atoms with Crippen molar-refractivity contribution >= 4 is 49.8 Å². The maximum atomic E-state index is 12.4. The van der Waals surface area contributed by atoms with E-state index < -0.39 is 10.0 Å². The van der Waals surface area contributed by atoms with Gasteiger partial charge in [0.05, 0.1) is 11.4 Å². The van der Waals surface area contributed by atoms with Crippen LogP contribution in [0.4, 0.5) is 10.8 Å². The number of aromatic nitrogens is 2. The van der Waals surface area contributed by atoms with Gasteiger partial charge >= 0.3 is 0 Å². The molecule has 0 aliphatic carbocycles. The van der Waals surface area contributed by atoms with E-state index in [-0.39, 0.29) is 11.7 Å². The molecule has 0 atom stereocenters. The second-order valence-corrected chi connectivity index (χ2v) is 9.22. The molecule has 1 aliphatic rings. The highest BCUT2D eigenvalue weighted by Gasteiger charge is 2.26. The number of benzene rings is 1. The summed E-state index contributed by atoms with van der Waals surface area (Å²) in [5, 5.41) is 10.9. The van der Waals surface area contributed by atoms with Crippen LogP contribution >= 0.6 is 23.1 Å². The molecule has 1 aromatic carbocycles. The molecule has 0 unspecified atom stereocenters. The number of hydrogen-bond acceptors (Lipinski definition) is 7. The predicted molar refractivity (Wildman–Crippen MR) is 96.5 cm³/mol. The van der Waals surface area contributed by atoms with Crippen LogP contribution in [0.15, 0.2) is 28.6 Å². The monoisotopic (exact) mass is 384 g/mol. The SMILES string of the molecule is CSc1nnc(NC(=O)c2cccc(N3CCCCS3(=O)=O)c2)s1. The maximum Gasteiger partial charge on any atom is 0.257 e. The number of carbonyl (C=O) groups is 1. The Hall–Kier alpha value is -1.65. The highest BCUT2D eigenvalue weighted by Crippen LogP contribution is 2.26. The molecule has 1 amide bonds. The molecular formula is C14H16N4O3S3. The minimum atomic E-state index is -3.30. The fourth-order valence-electron chi connectivity index (χ4n) is 2.39. The van der Waals surface area contributed by atoms with Crippen molar-refractivity contribution in [1.29, 1.82) is 0 Å². The van der Waals surface area contributed by atoms with Crippen LogP contribution in [-0.2, 0) is 10.0 Å². The first kappa shape index (κ1) is 17.2. The summed E-state index contributed by atoms with van der Waals surface area (Å²) in [5.74, 6) is -0.193. The van der Waals surface area contributed by atoms with Gasteiger partial charge in [-0.1, -0.05) is 29.2 Å². The number of rotatable bonds is 4. The lowest BCUT2D eigenvalue weighted by Gasteiger charge is -2.28. The Morgan fingerprint density at radius 3 is 2.88 bits per heavy atom. The van der Waals surface area contributed by atoms with E-state index in [9.17, 15) is 13.2 Å². The minimum absolute atomic E-state index is 0.145. The van der Waals surface area contributed by atoms with Gasteiger partial charge in [-0.15, -0.1) is 10.2 Å². The van der Waals surface area contributed by atoms with Crippen molar-refractivity contribution in [1.82, 2.24) is 10.2 Å². The Balaban J connectivity index is 1.80. The fourth-order valence-corrected chi connectivity index (χ4v) is 5.19. The van der Waals surface area contributed by atoms with E-state index in [1.807, 2.05) is 6.26 Å². The Kier molecular flexibility index (Phi) is 5.07. The van der Waals surface area contributed by atoms with E-state index in [4.69, 9.17) is 0 Å². The molecule has 0 radical (unpaired) electrons. The molecule has 1 aliphatic heterocycles. The molecule has 128 valence electrons. The van der Waals surface area contributed by atoms with Gasteiger partial charge < -0.3 is 0 Å². The van der Waals surface area contributed by atoms with Gasteiger partial charge in [-0.3, -0.25) is 14.4 Å². The van der Waals surface area contributed by atoms with Crippen LogP contribution in [0, 0.1) is 0 Å². The first-order valence-corrected chi connectivity index (χ1v) is 10.9. The lowest BCUT2D eigenvalue weighted by Crippen LogP contribution is -2.37. The molecule has 2 heterocycles. The van der Waals surface area contributed by atoms with Crippen molar-refractivity contribution in [3.63, 3.8) is 0 Å². The highest BCUT2D eigenvalue weighted by molar-refractivity contribution is 8.00. The normalized spacial score (nSPS) is 16.8. The standard InChI is InChI=1S/C14H16N4O3S3/c1-22-14-17-16-13(23-14)15-12(19)10-5-4-6-11(9-10)18-7-2-3-8-24(18,20)21/h4-6,9H,2-3,7-8H2,1H3,(H,15,16,19). The molecule has 0 saturated carbocycles. The molecular weight excluding hydrogens is 368 g/mol. The van der Waals surface area contributed by atoms with Gasteiger partial charge in [-0.2, -0.15) is 0 Å². The number of nitrogens with zero attached hydrogens (tertiary/aromatic N) is 3. The molecule has 0 spiro atoms. The lowest BCUT2D eigenvalue weighted by molar-refractivity contribution is 0.102. The van der Waals surface area contributed by atoms with Crippen LogP contribution in [0.1, 0.15) is 23.2 Å². The minimum Gasteiger partial charge on any atom is -0.296 e. The van der Waals surface area contributed by atoms with Gasteiger partial charge in [-0.05, 0) is 37.3 Å². The van der Waals surface area contributed by atoms with Crippen LogP contribution in [0.2, 0.25) is 0 Å². The van der Waals surface area contributed by atoms with E-state index in [0.29, 0.717) is 29.3 Å². The smallest absolute Gasteiger partial charge is 0.257 e. The molecule has 2 aromatic rings. The number of thioether (sulfide) groups is 1. The fraction of sp³-hybridized carbons (Fsp3) is 0.357. The zero-order valence-electron chi connectivity index (χ0n) is 12.9. The largest absolute Gasteiger partial charge is 0.296 e. The lowest BCUT2D eigenvalue weighted by atomic mass is 10.2. The summed E-state index contributed by atoms with van der Waals surface area (Å²) in [7, 11) is -3.30. The Morgan fingerprint density at radius 1 is 1.33 bits per heavy atom. The zero-order valence-corrected chi connectivity index (χ0v) is 15.4. The molecule has 10 heteroatoms. The summed E-state index contributed by atoms with van der Waals surface area (Å²) in [4.78, 5) is 12.4. The van der Waals surface area contributed by atoms with Gasteiger partial charge in [0.25, 0.3) is 5.91 Å². The van der Waals surface area contributed by atoms with Gasteiger partial charge in [0.1, 0.15) is 0 Å². The van der Waals surface area contributed by atoms with Crippen molar-refractivity contribution in [3.8, 4) is 0 Å².